The highest BCUT2D eigenvalue weighted by Crippen LogP contribution is 2.28. The fraction of sp³-hybridized carbons (Fsp3) is 0.944. The van der Waals surface area contributed by atoms with E-state index in [4.69, 9.17) is 18.3 Å². The summed E-state index contributed by atoms with van der Waals surface area (Å²) in [6, 6.07) is 2.18. The first-order chi connectivity index (χ1) is 11.9. The zero-order valence-corrected chi connectivity index (χ0v) is 20.2. The van der Waals surface area contributed by atoms with Crippen LogP contribution in [-0.4, -0.2) is 55.4 Å². The fourth-order valence-corrected chi connectivity index (χ4v) is 8.26. The lowest BCUT2D eigenvalue weighted by molar-refractivity contribution is -0.0965. The van der Waals surface area contributed by atoms with E-state index in [1.807, 2.05) is 0 Å². The van der Waals surface area contributed by atoms with Crippen LogP contribution in [0.15, 0.2) is 0 Å². The largest absolute Gasteiger partial charge is 0.447 e. The van der Waals surface area contributed by atoms with Crippen LogP contribution in [0.3, 0.4) is 0 Å². The van der Waals surface area contributed by atoms with Gasteiger partial charge in [0.05, 0.1) is 6.61 Å². The fourth-order valence-electron chi connectivity index (χ4n) is 3.02. The van der Waals surface area contributed by atoms with Crippen molar-refractivity contribution in [3.05, 3.63) is 0 Å². The lowest BCUT2D eigenvalue weighted by atomic mass is 10.4. The topological polar surface area (TPSA) is 66.0 Å². The van der Waals surface area contributed by atoms with E-state index in [0.717, 1.165) is 12.5 Å². The van der Waals surface area contributed by atoms with Crippen LogP contribution in [-0.2, 0) is 18.3 Å². The van der Waals surface area contributed by atoms with Gasteiger partial charge in [-0.1, -0.05) is 19.8 Å². The Morgan fingerprint density at radius 3 is 1.96 bits per heavy atom. The molecule has 0 unspecified atom stereocenters. The van der Waals surface area contributed by atoms with E-state index in [0.29, 0.717) is 13.2 Å². The number of nitrogens with one attached hydrogen (secondary N) is 1. The van der Waals surface area contributed by atoms with Gasteiger partial charge in [-0.05, 0) is 58.5 Å². The molecular formula is C18H41NO5Si2. The molecule has 26 heavy (non-hydrogen) atoms. The molecule has 1 N–H and O–H groups in total. The van der Waals surface area contributed by atoms with Crippen LogP contribution < -0.4 is 5.32 Å². The van der Waals surface area contributed by atoms with E-state index in [1.165, 1.54) is 25.9 Å². The van der Waals surface area contributed by atoms with Crippen LogP contribution in [0.4, 0.5) is 4.79 Å². The Balaban J connectivity index is 4.12. The molecule has 0 spiro atoms. The van der Waals surface area contributed by atoms with Gasteiger partial charge in [0, 0.05) is 13.7 Å². The highest BCUT2D eigenvalue weighted by molar-refractivity contribution is 6.72. The molecule has 0 aliphatic rings. The second-order valence-corrected chi connectivity index (χ2v) is 16.8. The number of amides is 1. The van der Waals surface area contributed by atoms with Crippen molar-refractivity contribution >= 4 is 22.7 Å². The molecule has 0 radical (unpaired) electrons. The molecular weight excluding hydrogens is 366 g/mol. The SMILES string of the molecule is CCCC[Si](C)(C)OC(C)(C)O[Si](C)(C)CCCOCCOC(=O)NC. The van der Waals surface area contributed by atoms with E-state index >= 15 is 0 Å². The molecule has 0 aliphatic carbocycles. The summed E-state index contributed by atoms with van der Waals surface area (Å²) in [7, 11) is -2.00. The van der Waals surface area contributed by atoms with Crippen LogP contribution in [0, 0.1) is 0 Å². The highest BCUT2D eigenvalue weighted by Gasteiger charge is 2.36. The normalized spacial score (nSPS) is 12.9. The standard InChI is InChI=1S/C18H41NO5Si2/c1-9-10-15-25(5,6)23-18(2,3)24-26(7,8)16-11-12-21-13-14-22-17(20)19-4/h9-16H2,1-8H3,(H,19,20). The lowest BCUT2D eigenvalue weighted by Gasteiger charge is -2.40. The molecule has 0 saturated heterocycles. The smallest absolute Gasteiger partial charge is 0.406 e. The quantitative estimate of drug-likeness (QED) is 0.256. The Morgan fingerprint density at radius 1 is 0.923 bits per heavy atom. The third-order valence-corrected chi connectivity index (χ3v) is 9.11. The number of ether oxygens (including phenoxy) is 2. The summed E-state index contributed by atoms with van der Waals surface area (Å²) in [5.41, 5.74) is 0. The van der Waals surface area contributed by atoms with Crippen LogP contribution in [0.2, 0.25) is 38.3 Å². The molecule has 156 valence electrons. The van der Waals surface area contributed by atoms with Gasteiger partial charge in [0.2, 0.25) is 0 Å². The average Bonchev–Trinajstić information content (AvgIpc) is 2.49. The maximum Gasteiger partial charge on any atom is 0.406 e. The van der Waals surface area contributed by atoms with Gasteiger partial charge in [-0.15, -0.1) is 0 Å². The number of unbranched alkanes of at least 4 members (excludes halogenated alkanes) is 1. The molecule has 0 aliphatic heterocycles. The van der Waals surface area contributed by atoms with Crippen molar-refractivity contribution < 1.29 is 23.1 Å². The Bertz CT molecular complexity index is 403. The van der Waals surface area contributed by atoms with Gasteiger partial charge >= 0.3 is 6.09 Å². The molecule has 0 atom stereocenters. The van der Waals surface area contributed by atoms with Crippen LogP contribution in [0.5, 0.6) is 0 Å². The van der Waals surface area contributed by atoms with E-state index in [-0.39, 0.29) is 6.61 Å². The number of rotatable bonds is 14. The van der Waals surface area contributed by atoms with Crippen LogP contribution in [0.25, 0.3) is 0 Å². The molecule has 0 bridgehead atoms. The predicted octanol–water partition coefficient (Wildman–Crippen LogP) is 4.73. The summed E-state index contributed by atoms with van der Waals surface area (Å²) in [4.78, 5) is 10.9. The van der Waals surface area contributed by atoms with Crippen molar-refractivity contribution in [2.45, 2.75) is 84.1 Å². The van der Waals surface area contributed by atoms with Crippen molar-refractivity contribution in [3.63, 3.8) is 0 Å². The summed E-state index contributed by atoms with van der Waals surface area (Å²) in [6.07, 6.45) is 2.93. The monoisotopic (exact) mass is 407 g/mol. The molecule has 1 amide bonds. The molecule has 0 rings (SSSR count). The molecule has 0 aromatic carbocycles. The predicted molar refractivity (Wildman–Crippen MR) is 112 cm³/mol. The first-order valence-electron chi connectivity index (χ1n) is 9.75. The number of alkyl carbamates (subject to hydrolysis) is 1. The van der Waals surface area contributed by atoms with Gasteiger partial charge < -0.3 is 23.6 Å². The van der Waals surface area contributed by atoms with Crippen molar-refractivity contribution in [2.24, 2.45) is 0 Å². The summed E-state index contributed by atoms with van der Waals surface area (Å²) in [5, 5.41) is 2.40. The number of hydrogen-bond acceptors (Lipinski definition) is 5. The zero-order chi connectivity index (χ0) is 20.3. The molecule has 0 saturated carbocycles. The minimum atomic E-state index is -1.84. The minimum absolute atomic E-state index is 0.273. The summed E-state index contributed by atoms with van der Waals surface area (Å²) in [6.45, 7) is 16.7. The van der Waals surface area contributed by atoms with Crippen LogP contribution in [0.1, 0.15) is 40.0 Å². The molecule has 6 nitrogen and oxygen atoms in total. The highest BCUT2D eigenvalue weighted by atomic mass is 28.4. The van der Waals surface area contributed by atoms with E-state index < -0.39 is 28.5 Å². The van der Waals surface area contributed by atoms with E-state index in [9.17, 15) is 4.79 Å². The van der Waals surface area contributed by atoms with Crippen molar-refractivity contribution in [1.29, 1.82) is 0 Å². The van der Waals surface area contributed by atoms with Gasteiger partial charge in [-0.25, -0.2) is 4.79 Å². The summed E-state index contributed by atoms with van der Waals surface area (Å²) < 4.78 is 23.2. The first kappa shape index (κ1) is 25.6. The van der Waals surface area contributed by atoms with Gasteiger partial charge in [0.1, 0.15) is 12.4 Å². The summed E-state index contributed by atoms with van der Waals surface area (Å²) >= 11 is 0. The number of hydrogen-bond donors (Lipinski definition) is 1. The molecule has 0 fully saturated rings. The lowest BCUT2D eigenvalue weighted by Crippen LogP contribution is -2.48. The molecule has 0 aromatic rings. The molecule has 8 heteroatoms. The van der Waals surface area contributed by atoms with Crippen molar-refractivity contribution in [3.8, 4) is 0 Å². The van der Waals surface area contributed by atoms with Gasteiger partial charge in [0.15, 0.2) is 16.6 Å². The van der Waals surface area contributed by atoms with Gasteiger partial charge in [-0.3, -0.25) is 0 Å². The van der Waals surface area contributed by atoms with Gasteiger partial charge in [0.25, 0.3) is 0 Å². The Labute approximate surface area is 162 Å². The second kappa shape index (κ2) is 12.1. The van der Waals surface area contributed by atoms with Crippen molar-refractivity contribution in [1.82, 2.24) is 5.32 Å². The number of carbonyl (C=O) groups excluding carboxylic acids is 1. The Hall–Kier alpha value is -0.416. The zero-order valence-electron chi connectivity index (χ0n) is 18.2. The minimum Gasteiger partial charge on any atom is -0.447 e. The summed E-state index contributed by atoms with van der Waals surface area (Å²) in [5.74, 6) is -0.526. The van der Waals surface area contributed by atoms with E-state index in [2.05, 4.69) is 52.3 Å². The third-order valence-electron chi connectivity index (χ3n) is 3.91. The number of carbonyl (C=O) groups is 1. The van der Waals surface area contributed by atoms with E-state index in [1.54, 1.807) is 0 Å². The average molecular weight is 408 g/mol. The van der Waals surface area contributed by atoms with Crippen molar-refractivity contribution in [2.75, 3.05) is 26.9 Å². The maximum absolute atomic E-state index is 10.9. The maximum atomic E-state index is 10.9. The van der Waals surface area contributed by atoms with Crippen LogP contribution >= 0.6 is 0 Å². The Morgan fingerprint density at radius 2 is 1.46 bits per heavy atom. The molecule has 0 aromatic heterocycles. The third kappa shape index (κ3) is 13.7. The second-order valence-electron chi connectivity index (χ2n) is 8.33. The first-order valence-corrected chi connectivity index (χ1v) is 16.0. The van der Waals surface area contributed by atoms with Gasteiger partial charge in [-0.2, -0.15) is 0 Å². The Kier molecular flexibility index (Phi) is 11.9. The molecule has 0 heterocycles.